The Hall–Kier alpha value is -2.36. The molecule has 0 amide bonds. The van der Waals surface area contributed by atoms with Gasteiger partial charge in [-0.2, -0.15) is 0 Å². The summed E-state index contributed by atoms with van der Waals surface area (Å²) in [6.07, 6.45) is 0. The Bertz CT molecular complexity index is 857. The summed E-state index contributed by atoms with van der Waals surface area (Å²) in [5.74, 6) is 3.89. The number of guanidine groups is 1. The van der Waals surface area contributed by atoms with Gasteiger partial charge in [0.25, 0.3) is 0 Å². The standard InChI is InChI=1S/C24H35N3O4.HI/c1-16(2)15-31-20-11-8-18(9-12-20)17(3)27-24(25-4)26-14-19-10-13-21(28-5)23(30-7)22(19)29-6;/h8-13,16-17H,14-15H2,1-7H3,(H2,25,26,27);1H. The van der Waals surface area contributed by atoms with Crippen molar-refractivity contribution in [2.45, 2.75) is 33.4 Å². The lowest BCUT2D eigenvalue weighted by molar-refractivity contribution is 0.271. The molecule has 0 radical (unpaired) electrons. The summed E-state index contributed by atoms with van der Waals surface area (Å²) < 4.78 is 22.1. The lowest BCUT2D eigenvalue weighted by Gasteiger charge is -2.20. The zero-order chi connectivity index (χ0) is 22.8. The van der Waals surface area contributed by atoms with Crippen LogP contribution in [0.4, 0.5) is 0 Å². The molecule has 0 fully saturated rings. The van der Waals surface area contributed by atoms with Crippen molar-refractivity contribution in [3.63, 3.8) is 0 Å². The number of ether oxygens (including phenoxy) is 4. The van der Waals surface area contributed by atoms with E-state index in [0.29, 0.717) is 42.3 Å². The monoisotopic (exact) mass is 557 g/mol. The van der Waals surface area contributed by atoms with Crippen LogP contribution in [0, 0.1) is 5.92 Å². The van der Waals surface area contributed by atoms with E-state index in [1.807, 2.05) is 24.3 Å². The van der Waals surface area contributed by atoms with Crippen LogP contribution in [0.1, 0.15) is 37.9 Å². The molecule has 0 aliphatic heterocycles. The highest BCUT2D eigenvalue weighted by Crippen LogP contribution is 2.39. The number of halogens is 1. The number of rotatable bonds is 10. The minimum absolute atomic E-state index is 0. The predicted octanol–water partition coefficient (Wildman–Crippen LogP) is 4.79. The SMILES string of the molecule is CN=C(NCc1ccc(OC)c(OC)c1OC)NC(C)c1ccc(OCC(C)C)cc1.I. The number of hydrogen-bond donors (Lipinski definition) is 2. The molecule has 32 heavy (non-hydrogen) atoms. The van der Waals surface area contributed by atoms with Gasteiger partial charge in [-0.3, -0.25) is 4.99 Å². The first kappa shape index (κ1) is 27.7. The number of hydrogen-bond acceptors (Lipinski definition) is 5. The van der Waals surface area contributed by atoms with Gasteiger partial charge in [0.05, 0.1) is 34.0 Å². The molecule has 0 saturated heterocycles. The molecule has 1 atom stereocenters. The number of benzene rings is 2. The third-order valence-corrected chi connectivity index (χ3v) is 4.77. The Morgan fingerprint density at radius 2 is 1.56 bits per heavy atom. The summed E-state index contributed by atoms with van der Waals surface area (Å²) in [7, 11) is 6.56. The van der Waals surface area contributed by atoms with E-state index in [2.05, 4.69) is 48.5 Å². The summed E-state index contributed by atoms with van der Waals surface area (Å²) in [4.78, 5) is 4.34. The summed E-state index contributed by atoms with van der Waals surface area (Å²) in [5.41, 5.74) is 2.07. The molecule has 0 aliphatic rings. The highest BCUT2D eigenvalue weighted by molar-refractivity contribution is 14.0. The third-order valence-electron chi connectivity index (χ3n) is 4.77. The van der Waals surface area contributed by atoms with Crippen molar-refractivity contribution in [1.29, 1.82) is 0 Å². The van der Waals surface area contributed by atoms with Crippen molar-refractivity contribution in [3.05, 3.63) is 47.5 Å². The van der Waals surface area contributed by atoms with Crippen molar-refractivity contribution >= 4 is 29.9 Å². The third kappa shape index (κ3) is 7.65. The van der Waals surface area contributed by atoms with Crippen LogP contribution in [0.3, 0.4) is 0 Å². The maximum Gasteiger partial charge on any atom is 0.203 e. The van der Waals surface area contributed by atoms with Crippen molar-refractivity contribution in [2.75, 3.05) is 35.0 Å². The van der Waals surface area contributed by atoms with Gasteiger partial charge in [0.15, 0.2) is 17.5 Å². The Morgan fingerprint density at radius 1 is 0.906 bits per heavy atom. The molecule has 2 aromatic rings. The second kappa shape index (κ2) is 13.9. The van der Waals surface area contributed by atoms with Gasteiger partial charge >= 0.3 is 0 Å². The molecule has 2 aromatic carbocycles. The van der Waals surface area contributed by atoms with Crippen molar-refractivity contribution < 1.29 is 18.9 Å². The van der Waals surface area contributed by atoms with Gasteiger partial charge in [0.2, 0.25) is 5.75 Å². The van der Waals surface area contributed by atoms with Crippen LogP contribution in [0.5, 0.6) is 23.0 Å². The highest BCUT2D eigenvalue weighted by Gasteiger charge is 2.16. The van der Waals surface area contributed by atoms with Gasteiger partial charge in [0.1, 0.15) is 5.75 Å². The molecule has 2 N–H and O–H groups in total. The van der Waals surface area contributed by atoms with Gasteiger partial charge in [0, 0.05) is 19.2 Å². The Kier molecular flexibility index (Phi) is 12.0. The van der Waals surface area contributed by atoms with E-state index in [4.69, 9.17) is 18.9 Å². The molecule has 7 nitrogen and oxygen atoms in total. The summed E-state index contributed by atoms with van der Waals surface area (Å²) in [6, 6.07) is 12.0. The summed E-state index contributed by atoms with van der Waals surface area (Å²) in [5, 5.41) is 6.74. The largest absolute Gasteiger partial charge is 0.493 e. The van der Waals surface area contributed by atoms with Gasteiger partial charge in [-0.1, -0.05) is 26.0 Å². The Balaban J connectivity index is 0.00000512. The molecule has 2 rings (SSSR count). The molecule has 0 spiro atoms. The maximum absolute atomic E-state index is 5.76. The maximum atomic E-state index is 5.76. The van der Waals surface area contributed by atoms with Crippen LogP contribution in [0.2, 0.25) is 0 Å². The van der Waals surface area contributed by atoms with Crippen LogP contribution in [0.15, 0.2) is 41.4 Å². The van der Waals surface area contributed by atoms with Crippen LogP contribution in [-0.4, -0.2) is 40.9 Å². The minimum Gasteiger partial charge on any atom is -0.493 e. The van der Waals surface area contributed by atoms with E-state index >= 15 is 0 Å². The summed E-state index contributed by atoms with van der Waals surface area (Å²) >= 11 is 0. The smallest absolute Gasteiger partial charge is 0.203 e. The highest BCUT2D eigenvalue weighted by atomic mass is 127. The van der Waals surface area contributed by atoms with E-state index < -0.39 is 0 Å². The van der Waals surface area contributed by atoms with Crippen LogP contribution in [0.25, 0.3) is 0 Å². The van der Waals surface area contributed by atoms with E-state index in [9.17, 15) is 0 Å². The first-order chi connectivity index (χ1) is 14.9. The van der Waals surface area contributed by atoms with Gasteiger partial charge in [-0.05, 0) is 42.7 Å². The van der Waals surface area contributed by atoms with Crippen molar-refractivity contribution in [3.8, 4) is 23.0 Å². The molecule has 0 aromatic heterocycles. The average Bonchev–Trinajstić information content (AvgIpc) is 2.79. The Labute approximate surface area is 208 Å². The number of nitrogens with one attached hydrogen (secondary N) is 2. The number of aliphatic imine (C=N–C) groups is 1. The molecule has 0 heterocycles. The van der Waals surface area contributed by atoms with Gasteiger partial charge in [-0.25, -0.2) is 0 Å². The molecular weight excluding hydrogens is 521 g/mol. The number of nitrogens with zero attached hydrogens (tertiary/aromatic N) is 1. The molecule has 8 heteroatoms. The second-order valence-corrected chi connectivity index (χ2v) is 7.56. The second-order valence-electron chi connectivity index (χ2n) is 7.56. The fraction of sp³-hybridized carbons (Fsp3) is 0.458. The Morgan fingerprint density at radius 3 is 2.09 bits per heavy atom. The lowest BCUT2D eigenvalue weighted by atomic mass is 10.1. The lowest BCUT2D eigenvalue weighted by Crippen LogP contribution is -2.38. The zero-order valence-corrected chi connectivity index (χ0v) is 22.4. The van der Waals surface area contributed by atoms with Crippen molar-refractivity contribution in [2.24, 2.45) is 10.9 Å². The van der Waals surface area contributed by atoms with Gasteiger partial charge < -0.3 is 29.6 Å². The van der Waals surface area contributed by atoms with Crippen LogP contribution >= 0.6 is 24.0 Å². The van der Waals surface area contributed by atoms with E-state index in [1.54, 1.807) is 28.4 Å². The zero-order valence-electron chi connectivity index (χ0n) is 20.0. The molecule has 0 aliphatic carbocycles. The van der Waals surface area contributed by atoms with E-state index in [1.165, 1.54) is 0 Å². The average molecular weight is 557 g/mol. The quantitative estimate of drug-likeness (QED) is 0.249. The fourth-order valence-electron chi connectivity index (χ4n) is 3.08. The topological polar surface area (TPSA) is 73.3 Å². The van der Waals surface area contributed by atoms with Crippen LogP contribution in [-0.2, 0) is 6.54 Å². The van der Waals surface area contributed by atoms with Crippen LogP contribution < -0.4 is 29.6 Å². The molecule has 178 valence electrons. The molecule has 1 unspecified atom stereocenters. The molecular formula is C24H36IN3O4. The first-order valence-corrected chi connectivity index (χ1v) is 10.4. The minimum atomic E-state index is 0. The predicted molar refractivity (Wildman–Crippen MR) is 140 cm³/mol. The molecule has 0 bridgehead atoms. The first-order valence-electron chi connectivity index (χ1n) is 10.4. The van der Waals surface area contributed by atoms with E-state index in [-0.39, 0.29) is 30.0 Å². The van der Waals surface area contributed by atoms with E-state index in [0.717, 1.165) is 16.9 Å². The summed E-state index contributed by atoms with van der Waals surface area (Å²) in [6.45, 7) is 7.59. The van der Waals surface area contributed by atoms with Gasteiger partial charge in [-0.15, -0.1) is 24.0 Å². The molecule has 0 saturated carbocycles. The fourth-order valence-corrected chi connectivity index (χ4v) is 3.08. The number of methoxy groups -OCH3 is 3. The normalized spacial score (nSPS) is 11.9. The van der Waals surface area contributed by atoms with Crippen molar-refractivity contribution in [1.82, 2.24) is 10.6 Å².